The summed E-state index contributed by atoms with van der Waals surface area (Å²) in [4.78, 5) is 14.2. The molecule has 0 saturated heterocycles. The number of furan rings is 1. The first-order valence-electron chi connectivity index (χ1n) is 10.3. The zero-order valence-corrected chi connectivity index (χ0v) is 18.2. The highest BCUT2D eigenvalue weighted by molar-refractivity contribution is 5.78. The molecule has 3 aromatic rings. The van der Waals surface area contributed by atoms with E-state index in [1.54, 1.807) is 12.3 Å². The summed E-state index contributed by atoms with van der Waals surface area (Å²) in [6.45, 7) is 6.08. The minimum atomic E-state index is -0.871. The van der Waals surface area contributed by atoms with E-state index in [0.29, 0.717) is 17.9 Å². The maximum Gasteiger partial charge on any atom is 0.410 e. The number of amides is 1. The molecule has 1 unspecified atom stereocenters. The number of nitrogens with two attached hydrogens (primary N) is 1. The van der Waals surface area contributed by atoms with Gasteiger partial charge in [-0.15, -0.1) is 0 Å². The van der Waals surface area contributed by atoms with Crippen LogP contribution in [0.5, 0.6) is 5.75 Å². The van der Waals surface area contributed by atoms with E-state index in [9.17, 15) is 9.90 Å². The first-order chi connectivity index (χ1) is 14.7. The summed E-state index contributed by atoms with van der Waals surface area (Å²) < 4.78 is 16.5. The van der Waals surface area contributed by atoms with Crippen molar-refractivity contribution in [2.24, 2.45) is 0 Å². The highest BCUT2D eigenvalue weighted by atomic mass is 16.6. The standard InChI is InChI=1S/C24H30N2O5/c1-24(2,3)26(23(28)30-12-10-17-4-6-19(25)7-5-17)15-20(27)16-31-21-8-9-22-18(14-21)11-13-29-22/h4-9,11,13-14,20,27H,10,12,15-16,25H2,1-3H3. The average Bonchev–Trinajstić information content (AvgIpc) is 3.19. The lowest BCUT2D eigenvalue weighted by Crippen LogP contribution is -2.50. The molecule has 0 aliphatic rings. The number of carbonyl (C=O) groups is 1. The number of β-amino-alcohol motifs (C(OH)–C–C–N with tert-alkyl or cyclic N) is 1. The molecule has 166 valence electrons. The number of aliphatic hydroxyl groups excluding tert-OH is 1. The van der Waals surface area contributed by atoms with Gasteiger partial charge in [0, 0.05) is 23.0 Å². The van der Waals surface area contributed by atoms with Gasteiger partial charge in [-0.25, -0.2) is 4.79 Å². The van der Waals surface area contributed by atoms with Crippen LogP contribution in [0, 0.1) is 0 Å². The monoisotopic (exact) mass is 426 g/mol. The number of hydrogen-bond acceptors (Lipinski definition) is 6. The Bertz CT molecular complexity index is 991. The molecule has 3 N–H and O–H groups in total. The predicted molar refractivity (Wildman–Crippen MR) is 120 cm³/mol. The molecule has 2 aromatic carbocycles. The van der Waals surface area contributed by atoms with Crippen molar-refractivity contribution in [3.63, 3.8) is 0 Å². The average molecular weight is 427 g/mol. The molecule has 7 heteroatoms. The lowest BCUT2D eigenvalue weighted by molar-refractivity contribution is 0.0225. The van der Waals surface area contributed by atoms with Crippen molar-refractivity contribution in [2.75, 3.05) is 25.5 Å². The molecule has 31 heavy (non-hydrogen) atoms. The second-order valence-electron chi connectivity index (χ2n) is 8.47. The minimum absolute atomic E-state index is 0.0503. The van der Waals surface area contributed by atoms with Crippen LogP contribution in [0.4, 0.5) is 10.5 Å². The first kappa shape index (κ1) is 22.5. The van der Waals surface area contributed by atoms with Gasteiger partial charge in [0.25, 0.3) is 0 Å². The fourth-order valence-electron chi connectivity index (χ4n) is 3.13. The molecule has 1 atom stereocenters. The van der Waals surface area contributed by atoms with Gasteiger partial charge in [-0.05, 0) is 62.7 Å². The number of ether oxygens (including phenoxy) is 2. The zero-order chi connectivity index (χ0) is 22.4. The molecule has 1 aromatic heterocycles. The number of nitrogens with zero attached hydrogens (tertiary/aromatic N) is 1. The van der Waals surface area contributed by atoms with Gasteiger partial charge < -0.3 is 29.6 Å². The minimum Gasteiger partial charge on any atom is -0.491 e. The number of rotatable bonds is 8. The third-order valence-electron chi connectivity index (χ3n) is 4.89. The number of anilines is 1. The summed E-state index contributed by atoms with van der Waals surface area (Å²) in [6, 6.07) is 14.7. The Morgan fingerprint density at radius 1 is 1.16 bits per heavy atom. The Kier molecular flexibility index (Phi) is 7.07. The molecule has 0 aliphatic heterocycles. The van der Waals surface area contributed by atoms with Gasteiger partial charge in [-0.1, -0.05) is 12.1 Å². The molecular formula is C24H30N2O5. The molecule has 7 nitrogen and oxygen atoms in total. The van der Waals surface area contributed by atoms with E-state index in [4.69, 9.17) is 19.6 Å². The van der Waals surface area contributed by atoms with Crippen LogP contribution in [0.25, 0.3) is 11.0 Å². The molecule has 0 bridgehead atoms. The highest BCUT2D eigenvalue weighted by Crippen LogP contribution is 2.22. The number of fused-ring (bicyclic) bond motifs is 1. The Morgan fingerprint density at radius 3 is 2.61 bits per heavy atom. The molecule has 0 radical (unpaired) electrons. The van der Waals surface area contributed by atoms with Crippen molar-refractivity contribution >= 4 is 22.7 Å². The van der Waals surface area contributed by atoms with Crippen LogP contribution < -0.4 is 10.5 Å². The van der Waals surface area contributed by atoms with Gasteiger partial charge in [0.15, 0.2) is 0 Å². The van der Waals surface area contributed by atoms with Crippen LogP contribution in [-0.4, -0.2) is 47.5 Å². The predicted octanol–water partition coefficient (Wildman–Crippen LogP) is 4.23. The quantitative estimate of drug-likeness (QED) is 0.523. The van der Waals surface area contributed by atoms with Gasteiger partial charge in [0.2, 0.25) is 0 Å². The molecule has 3 rings (SSSR count). The van der Waals surface area contributed by atoms with Crippen LogP contribution in [0.1, 0.15) is 26.3 Å². The first-order valence-corrected chi connectivity index (χ1v) is 10.3. The number of nitrogen functional groups attached to an aromatic ring is 1. The van der Waals surface area contributed by atoms with E-state index in [1.807, 2.05) is 63.2 Å². The lowest BCUT2D eigenvalue weighted by Gasteiger charge is -2.36. The largest absolute Gasteiger partial charge is 0.491 e. The summed E-state index contributed by atoms with van der Waals surface area (Å²) >= 11 is 0. The topological polar surface area (TPSA) is 98.2 Å². The fourth-order valence-corrected chi connectivity index (χ4v) is 3.13. The van der Waals surface area contributed by atoms with E-state index >= 15 is 0 Å². The van der Waals surface area contributed by atoms with Gasteiger partial charge in [-0.2, -0.15) is 0 Å². The molecule has 1 heterocycles. The van der Waals surface area contributed by atoms with Gasteiger partial charge in [-0.3, -0.25) is 0 Å². The van der Waals surface area contributed by atoms with Gasteiger partial charge >= 0.3 is 6.09 Å². The summed E-state index contributed by atoms with van der Waals surface area (Å²) in [5.41, 5.74) is 7.67. The molecule has 0 aliphatic carbocycles. The van der Waals surface area contributed by atoms with Crippen LogP contribution in [-0.2, 0) is 11.2 Å². The van der Waals surface area contributed by atoms with Crippen molar-refractivity contribution in [1.82, 2.24) is 4.90 Å². The Balaban J connectivity index is 1.51. The Morgan fingerprint density at radius 2 is 1.90 bits per heavy atom. The number of benzene rings is 2. The fraction of sp³-hybridized carbons (Fsp3) is 0.375. The second kappa shape index (κ2) is 9.75. The van der Waals surface area contributed by atoms with E-state index in [1.165, 1.54) is 4.90 Å². The van der Waals surface area contributed by atoms with Crippen LogP contribution in [0.15, 0.2) is 59.2 Å². The van der Waals surface area contributed by atoms with Crippen molar-refractivity contribution in [3.8, 4) is 5.75 Å². The summed E-state index contributed by atoms with van der Waals surface area (Å²) in [5.74, 6) is 0.626. The van der Waals surface area contributed by atoms with Crippen molar-refractivity contribution in [1.29, 1.82) is 0 Å². The van der Waals surface area contributed by atoms with E-state index in [0.717, 1.165) is 16.5 Å². The molecule has 0 fully saturated rings. The van der Waals surface area contributed by atoms with Crippen LogP contribution in [0.3, 0.4) is 0 Å². The van der Waals surface area contributed by atoms with Crippen molar-refractivity contribution < 1.29 is 23.8 Å². The van der Waals surface area contributed by atoms with Crippen molar-refractivity contribution in [3.05, 3.63) is 60.4 Å². The maximum absolute atomic E-state index is 12.7. The third-order valence-corrected chi connectivity index (χ3v) is 4.89. The Labute approximate surface area is 182 Å². The van der Waals surface area contributed by atoms with E-state index in [2.05, 4.69) is 0 Å². The smallest absolute Gasteiger partial charge is 0.410 e. The molecule has 0 spiro atoms. The SMILES string of the molecule is CC(C)(C)N(CC(O)COc1ccc2occc2c1)C(=O)OCCc1ccc(N)cc1. The number of hydrogen-bond donors (Lipinski definition) is 2. The molecule has 1 amide bonds. The summed E-state index contributed by atoms with van der Waals surface area (Å²) in [6.07, 6.45) is 0.862. The summed E-state index contributed by atoms with van der Waals surface area (Å²) in [7, 11) is 0. The Hall–Kier alpha value is -3.19. The molecule has 0 saturated carbocycles. The molecular weight excluding hydrogens is 396 g/mol. The lowest BCUT2D eigenvalue weighted by atomic mass is 10.1. The normalized spacial score (nSPS) is 12.5. The van der Waals surface area contributed by atoms with Gasteiger partial charge in [0.1, 0.15) is 24.0 Å². The number of carbonyl (C=O) groups excluding carboxylic acids is 1. The number of aliphatic hydroxyl groups is 1. The van der Waals surface area contributed by atoms with Crippen molar-refractivity contribution in [2.45, 2.75) is 38.8 Å². The summed E-state index contributed by atoms with van der Waals surface area (Å²) in [5, 5.41) is 11.4. The van der Waals surface area contributed by atoms with Gasteiger partial charge in [0.05, 0.1) is 19.4 Å². The van der Waals surface area contributed by atoms with E-state index < -0.39 is 17.7 Å². The van der Waals surface area contributed by atoms with E-state index in [-0.39, 0.29) is 19.8 Å². The second-order valence-corrected chi connectivity index (χ2v) is 8.47. The maximum atomic E-state index is 12.7. The van der Waals surface area contributed by atoms with Crippen LogP contribution >= 0.6 is 0 Å². The highest BCUT2D eigenvalue weighted by Gasteiger charge is 2.30. The third kappa shape index (κ3) is 6.39. The van der Waals surface area contributed by atoms with Crippen LogP contribution in [0.2, 0.25) is 0 Å². The zero-order valence-electron chi connectivity index (χ0n) is 18.2.